The monoisotopic (exact) mass is 182 g/mol. The van der Waals surface area contributed by atoms with Gasteiger partial charge in [0.15, 0.2) is 0 Å². The highest BCUT2D eigenvalue weighted by Crippen LogP contribution is 2.46. The Morgan fingerprint density at radius 2 is 1.85 bits per heavy atom. The van der Waals surface area contributed by atoms with Gasteiger partial charge in [-0.1, -0.05) is 0 Å². The lowest BCUT2D eigenvalue weighted by molar-refractivity contribution is -0.0704. The SMILES string of the molecule is C1CN(C2CC3(CNC3)C2)CCO1. The lowest BCUT2D eigenvalue weighted by Crippen LogP contribution is -2.66. The topological polar surface area (TPSA) is 24.5 Å². The highest BCUT2D eigenvalue weighted by atomic mass is 16.5. The molecule has 3 aliphatic rings. The molecular formula is C10H18N2O. The van der Waals surface area contributed by atoms with E-state index in [1.54, 1.807) is 0 Å². The number of morpholine rings is 1. The van der Waals surface area contributed by atoms with Gasteiger partial charge in [0.05, 0.1) is 13.2 Å². The third kappa shape index (κ3) is 1.30. The summed E-state index contributed by atoms with van der Waals surface area (Å²) in [6.07, 6.45) is 2.86. The summed E-state index contributed by atoms with van der Waals surface area (Å²) in [5, 5.41) is 3.38. The summed E-state index contributed by atoms with van der Waals surface area (Å²) in [4.78, 5) is 2.62. The van der Waals surface area contributed by atoms with Crippen LogP contribution in [0.25, 0.3) is 0 Å². The van der Waals surface area contributed by atoms with Crippen molar-refractivity contribution in [2.75, 3.05) is 39.4 Å². The molecule has 13 heavy (non-hydrogen) atoms. The summed E-state index contributed by atoms with van der Waals surface area (Å²) in [6.45, 7) is 6.76. The molecule has 0 aromatic carbocycles. The molecule has 0 bridgehead atoms. The highest BCUT2D eigenvalue weighted by molar-refractivity contribution is 5.06. The van der Waals surface area contributed by atoms with E-state index in [1.807, 2.05) is 0 Å². The maximum atomic E-state index is 5.36. The van der Waals surface area contributed by atoms with E-state index in [1.165, 1.54) is 25.9 Å². The van der Waals surface area contributed by atoms with Crippen LogP contribution >= 0.6 is 0 Å². The minimum Gasteiger partial charge on any atom is -0.379 e. The van der Waals surface area contributed by atoms with Crippen LogP contribution < -0.4 is 5.32 Å². The smallest absolute Gasteiger partial charge is 0.0594 e. The van der Waals surface area contributed by atoms with E-state index >= 15 is 0 Å². The molecule has 2 saturated heterocycles. The number of nitrogens with zero attached hydrogens (tertiary/aromatic N) is 1. The molecule has 3 rings (SSSR count). The Bertz CT molecular complexity index is 189. The van der Waals surface area contributed by atoms with Gasteiger partial charge in [0.1, 0.15) is 0 Å². The van der Waals surface area contributed by atoms with Crippen LogP contribution in [-0.4, -0.2) is 50.3 Å². The Labute approximate surface area is 79.4 Å². The predicted molar refractivity (Wildman–Crippen MR) is 50.7 cm³/mol. The van der Waals surface area contributed by atoms with Gasteiger partial charge < -0.3 is 10.1 Å². The van der Waals surface area contributed by atoms with Crippen LogP contribution in [0.1, 0.15) is 12.8 Å². The molecule has 0 atom stereocenters. The number of hydrogen-bond donors (Lipinski definition) is 1. The summed E-state index contributed by atoms with van der Waals surface area (Å²) >= 11 is 0. The van der Waals surface area contributed by atoms with Crippen molar-refractivity contribution in [1.29, 1.82) is 0 Å². The molecule has 3 nitrogen and oxygen atoms in total. The zero-order chi connectivity index (χ0) is 8.73. The summed E-state index contributed by atoms with van der Waals surface area (Å²) in [7, 11) is 0. The van der Waals surface area contributed by atoms with E-state index in [4.69, 9.17) is 4.74 Å². The summed E-state index contributed by atoms with van der Waals surface area (Å²) in [6, 6.07) is 0.881. The van der Waals surface area contributed by atoms with Gasteiger partial charge in [-0.15, -0.1) is 0 Å². The zero-order valence-corrected chi connectivity index (χ0v) is 8.09. The van der Waals surface area contributed by atoms with E-state index in [2.05, 4.69) is 10.2 Å². The molecule has 2 heterocycles. The lowest BCUT2D eigenvalue weighted by atomic mass is 9.61. The Balaban J connectivity index is 1.51. The maximum Gasteiger partial charge on any atom is 0.0594 e. The van der Waals surface area contributed by atoms with Crippen LogP contribution in [0.5, 0.6) is 0 Å². The second-order valence-electron chi connectivity index (χ2n) is 4.81. The van der Waals surface area contributed by atoms with Crippen molar-refractivity contribution in [1.82, 2.24) is 10.2 Å². The van der Waals surface area contributed by atoms with Crippen molar-refractivity contribution < 1.29 is 4.74 Å². The largest absolute Gasteiger partial charge is 0.379 e. The third-order valence-electron chi connectivity index (χ3n) is 3.90. The molecule has 0 radical (unpaired) electrons. The fraction of sp³-hybridized carbons (Fsp3) is 1.00. The quantitative estimate of drug-likeness (QED) is 0.621. The van der Waals surface area contributed by atoms with Crippen molar-refractivity contribution in [3.05, 3.63) is 0 Å². The Morgan fingerprint density at radius 3 is 2.38 bits per heavy atom. The molecule has 0 aromatic heterocycles. The van der Waals surface area contributed by atoms with Crippen molar-refractivity contribution in [2.45, 2.75) is 18.9 Å². The van der Waals surface area contributed by atoms with E-state index in [9.17, 15) is 0 Å². The molecule has 1 aliphatic carbocycles. The van der Waals surface area contributed by atoms with Gasteiger partial charge in [0.2, 0.25) is 0 Å². The zero-order valence-electron chi connectivity index (χ0n) is 8.09. The van der Waals surface area contributed by atoms with Gasteiger partial charge >= 0.3 is 0 Å². The van der Waals surface area contributed by atoms with Crippen LogP contribution in [-0.2, 0) is 4.74 Å². The van der Waals surface area contributed by atoms with Crippen molar-refractivity contribution in [3.63, 3.8) is 0 Å². The molecule has 3 heteroatoms. The van der Waals surface area contributed by atoms with Crippen molar-refractivity contribution in [2.24, 2.45) is 5.41 Å². The molecule has 2 aliphatic heterocycles. The number of nitrogens with one attached hydrogen (secondary N) is 1. The first-order chi connectivity index (χ1) is 6.38. The number of hydrogen-bond acceptors (Lipinski definition) is 3. The van der Waals surface area contributed by atoms with Crippen molar-refractivity contribution >= 4 is 0 Å². The highest BCUT2D eigenvalue weighted by Gasteiger charge is 2.50. The predicted octanol–water partition coefficient (Wildman–Crippen LogP) is 0.0706. The van der Waals surface area contributed by atoms with Gasteiger partial charge in [-0.05, 0) is 18.3 Å². The van der Waals surface area contributed by atoms with Gasteiger partial charge in [-0.25, -0.2) is 0 Å². The third-order valence-corrected chi connectivity index (χ3v) is 3.90. The summed E-state index contributed by atoms with van der Waals surface area (Å²) < 4.78 is 5.36. The molecule has 0 unspecified atom stereocenters. The Morgan fingerprint density at radius 1 is 1.15 bits per heavy atom. The van der Waals surface area contributed by atoms with Crippen LogP contribution in [0, 0.1) is 5.41 Å². The number of rotatable bonds is 1. The minimum absolute atomic E-state index is 0.725. The van der Waals surface area contributed by atoms with Crippen LogP contribution in [0.15, 0.2) is 0 Å². The lowest BCUT2D eigenvalue weighted by Gasteiger charge is -2.57. The molecule has 1 spiro atoms. The Kier molecular flexibility index (Phi) is 1.86. The molecule has 0 aromatic rings. The van der Waals surface area contributed by atoms with E-state index in [0.29, 0.717) is 0 Å². The van der Waals surface area contributed by atoms with Gasteiger partial charge in [-0.2, -0.15) is 0 Å². The molecule has 3 fully saturated rings. The first-order valence-electron chi connectivity index (χ1n) is 5.41. The minimum atomic E-state index is 0.725. The van der Waals surface area contributed by atoms with Gasteiger partial charge in [0.25, 0.3) is 0 Å². The average Bonchev–Trinajstić information content (AvgIpc) is 2.01. The Hall–Kier alpha value is -0.120. The second kappa shape index (κ2) is 2.94. The summed E-state index contributed by atoms with van der Waals surface area (Å²) in [5.74, 6) is 0. The van der Waals surface area contributed by atoms with E-state index in [0.717, 1.165) is 37.8 Å². The fourth-order valence-electron chi connectivity index (χ4n) is 2.91. The maximum absolute atomic E-state index is 5.36. The van der Waals surface area contributed by atoms with Crippen LogP contribution in [0.4, 0.5) is 0 Å². The first-order valence-corrected chi connectivity index (χ1v) is 5.41. The first kappa shape index (κ1) is 8.21. The van der Waals surface area contributed by atoms with Gasteiger partial charge in [0, 0.05) is 32.2 Å². The summed E-state index contributed by atoms with van der Waals surface area (Å²) in [5.41, 5.74) is 0.725. The number of ether oxygens (including phenoxy) is 1. The molecule has 0 amide bonds. The molecule has 1 N–H and O–H groups in total. The molecular weight excluding hydrogens is 164 g/mol. The average molecular weight is 182 g/mol. The van der Waals surface area contributed by atoms with E-state index in [-0.39, 0.29) is 0 Å². The van der Waals surface area contributed by atoms with Gasteiger partial charge in [-0.3, -0.25) is 4.90 Å². The van der Waals surface area contributed by atoms with Crippen molar-refractivity contribution in [3.8, 4) is 0 Å². The van der Waals surface area contributed by atoms with Crippen LogP contribution in [0.3, 0.4) is 0 Å². The van der Waals surface area contributed by atoms with Crippen LogP contribution in [0.2, 0.25) is 0 Å². The van der Waals surface area contributed by atoms with E-state index < -0.39 is 0 Å². The second-order valence-corrected chi connectivity index (χ2v) is 4.81. The fourth-order valence-corrected chi connectivity index (χ4v) is 2.91. The molecule has 1 saturated carbocycles. The molecule has 74 valence electrons. The standard InChI is InChI=1S/C10H18N2O/c1-3-13-4-2-12(1)9-5-10(6-9)7-11-8-10/h9,11H,1-8H2. The normalized spacial score (nSPS) is 34.2.